The lowest BCUT2D eigenvalue weighted by Crippen LogP contribution is -2.30. The second-order valence-electron chi connectivity index (χ2n) is 4.43. The molecule has 0 amide bonds. The highest BCUT2D eigenvalue weighted by molar-refractivity contribution is 7.46. The minimum Gasteiger partial charge on any atom is -0.386 e. The van der Waals surface area contributed by atoms with Gasteiger partial charge in [-0.3, -0.25) is 9.09 Å². The molecule has 1 aliphatic rings. The average Bonchev–Trinajstić information content (AvgIpc) is 2.94. The van der Waals surface area contributed by atoms with E-state index in [1.165, 1.54) is 17.2 Å². The van der Waals surface area contributed by atoms with E-state index in [4.69, 9.17) is 20.3 Å². The van der Waals surface area contributed by atoms with Crippen LogP contribution >= 0.6 is 7.82 Å². The van der Waals surface area contributed by atoms with E-state index in [0.717, 1.165) is 0 Å². The lowest BCUT2D eigenvalue weighted by molar-refractivity contribution is -0.0161. The van der Waals surface area contributed by atoms with Gasteiger partial charge in [0.15, 0.2) is 17.7 Å². The van der Waals surface area contributed by atoms with Crippen molar-refractivity contribution in [3.63, 3.8) is 0 Å². The summed E-state index contributed by atoms with van der Waals surface area (Å²) < 4.78 is 22.0. The fraction of sp³-hybridized carbons (Fsp3) is 0.444. The van der Waals surface area contributed by atoms with Crippen LogP contribution in [-0.4, -0.2) is 53.2 Å². The monoisotopic (exact) mass is 317 g/mol. The van der Waals surface area contributed by atoms with Gasteiger partial charge in [0.05, 0.1) is 12.9 Å². The fourth-order valence-electron chi connectivity index (χ4n) is 2.14. The zero-order chi connectivity index (χ0) is 15.2. The zero-order valence-electron chi connectivity index (χ0n) is 10.5. The predicted molar refractivity (Wildman–Crippen MR) is 67.6 cm³/mol. The van der Waals surface area contributed by atoms with E-state index in [9.17, 15) is 9.67 Å². The molecular formula is C9H12N5O6P. The molecule has 0 spiro atoms. The molecule has 0 aliphatic carbocycles. The number of fused-ring (bicyclic) bond motifs is 1. The van der Waals surface area contributed by atoms with Crippen molar-refractivity contribution in [2.45, 2.75) is 18.4 Å². The smallest absolute Gasteiger partial charge is 0.386 e. The van der Waals surface area contributed by atoms with Gasteiger partial charge in [-0.1, -0.05) is 0 Å². The number of aliphatic hydroxyl groups excluding tert-OH is 1. The molecule has 12 heteroatoms. The number of aromatic nitrogens is 4. The summed E-state index contributed by atoms with van der Waals surface area (Å²) in [4.78, 5) is 29.4. The summed E-state index contributed by atoms with van der Waals surface area (Å²) in [6.45, 7) is -0.183. The van der Waals surface area contributed by atoms with Crippen LogP contribution in [0.4, 0.5) is 5.82 Å². The first-order valence-electron chi connectivity index (χ1n) is 5.83. The Morgan fingerprint density at radius 2 is 2.19 bits per heavy atom. The molecule has 114 valence electrons. The van der Waals surface area contributed by atoms with Crippen LogP contribution in [0.1, 0.15) is 6.23 Å². The van der Waals surface area contributed by atoms with E-state index < -0.39 is 26.3 Å². The van der Waals surface area contributed by atoms with Crippen molar-refractivity contribution in [3.8, 4) is 0 Å². The van der Waals surface area contributed by atoms with Gasteiger partial charge in [0.25, 0.3) is 0 Å². The Bertz CT molecular complexity index is 716. The molecule has 0 aromatic carbocycles. The van der Waals surface area contributed by atoms with Crippen LogP contribution in [0.2, 0.25) is 0 Å². The molecule has 21 heavy (non-hydrogen) atoms. The van der Waals surface area contributed by atoms with Crippen LogP contribution < -0.4 is 5.73 Å². The highest BCUT2D eigenvalue weighted by atomic mass is 31.2. The zero-order valence-corrected chi connectivity index (χ0v) is 11.4. The SMILES string of the molecule is Nc1ncnc2c1ncn2[C@@H]1OC[C@@H](OP(=O)(O)O)[C@H]1O. The van der Waals surface area contributed by atoms with E-state index in [-0.39, 0.29) is 12.4 Å². The maximum absolute atomic E-state index is 10.8. The molecule has 0 saturated carbocycles. The summed E-state index contributed by atoms with van der Waals surface area (Å²) in [5.74, 6) is 0.175. The molecule has 1 fully saturated rings. The minimum atomic E-state index is -4.72. The average molecular weight is 317 g/mol. The van der Waals surface area contributed by atoms with E-state index in [2.05, 4.69) is 19.5 Å². The molecule has 0 unspecified atom stereocenters. The largest absolute Gasteiger partial charge is 0.470 e. The predicted octanol–water partition coefficient (Wildman–Crippen LogP) is -1.22. The van der Waals surface area contributed by atoms with Crippen LogP contribution in [-0.2, 0) is 13.8 Å². The number of hydrogen-bond acceptors (Lipinski definition) is 8. The first-order valence-corrected chi connectivity index (χ1v) is 7.36. The van der Waals surface area contributed by atoms with Gasteiger partial charge in [-0.2, -0.15) is 0 Å². The Morgan fingerprint density at radius 1 is 1.43 bits per heavy atom. The molecule has 2 aromatic rings. The van der Waals surface area contributed by atoms with Gasteiger partial charge in [0, 0.05) is 0 Å². The van der Waals surface area contributed by atoms with Crippen molar-refractivity contribution < 1.29 is 28.7 Å². The van der Waals surface area contributed by atoms with Gasteiger partial charge < -0.3 is 25.4 Å². The summed E-state index contributed by atoms with van der Waals surface area (Å²) in [6, 6.07) is 0. The Labute approximate surface area is 117 Å². The molecule has 0 bridgehead atoms. The third kappa shape index (κ3) is 2.62. The first-order chi connectivity index (χ1) is 9.87. The van der Waals surface area contributed by atoms with Crippen molar-refractivity contribution in [1.29, 1.82) is 0 Å². The summed E-state index contributed by atoms with van der Waals surface area (Å²) in [6.07, 6.45) is -0.816. The van der Waals surface area contributed by atoms with Crippen LogP contribution in [0.15, 0.2) is 12.7 Å². The van der Waals surface area contributed by atoms with E-state index >= 15 is 0 Å². The van der Waals surface area contributed by atoms with Crippen LogP contribution in [0.3, 0.4) is 0 Å². The van der Waals surface area contributed by atoms with Crippen molar-refractivity contribution in [3.05, 3.63) is 12.7 Å². The molecule has 0 radical (unpaired) electrons. The molecule has 3 atom stereocenters. The number of anilines is 1. The third-order valence-corrected chi connectivity index (χ3v) is 3.58. The van der Waals surface area contributed by atoms with Gasteiger partial charge in [0.1, 0.15) is 24.1 Å². The van der Waals surface area contributed by atoms with E-state index in [0.29, 0.717) is 11.2 Å². The number of rotatable bonds is 3. The Morgan fingerprint density at radius 3 is 2.90 bits per heavy atom. The molecule has 3 rings (SSSR count). The molecule has 1 aliphatic heterocycles. The molecule has 3 heterocycles. The van der Waals surface area contributed by atoms with Gasteiger partial charge in [-0.05, 0) is 0 Å². The number of nitrogen functional groups attached to an aromatic ring is 1. The highest BCUT2D eigenvalue weighted by Gasteiger charge is 2.42. The Balaban J connectivity index is 1.90. The Hall–Kier alpha value is -1.62. The lowest BCUT2D eigenvalue weighted by Gasteiger charge is -2.19. The second-order valence-corrected chi connectivity index (χ2v) is 5.62. The number of ether oxygens (including phenoxy) is 1. The molecule has 1 saturated heterocycles. The van der Waals surface area contributed by atoms with Crippen LogP contribution in [0.5, 0.6) is 0 Å². The first kappa shape index (κ1) is 14.3. The normalized spacial score (nSPS) is 26.5. The topological polar surface area (TPSA) is 166 Å². The number of nitrogens with zero attached hydrogens (tertiary/aromatic N) is 4. The van der Waals surface area contributed by atoms with Gasteiger partial charge >= 0.3 is 7.82 Å². The summed E-state index contributed by atoms with van der Waals surface area (Å²) >= 11 is 0. The van der Waals surface area contributed by atoms with Gasteiger partial charge in [-0.15, -0.1) is 0 Å². The molecular weight excluding hydrogens is 305 g/mol. The van der Waals surface area contributed by atoms with Crippen molar-refractivity contribution in [2.24, 2.45) is 0 Å². The van der Waals surface area contributed by atoms with E-state index in [1.54, 1.807) is 0 Å². The summed E-state index contributed by atoms with van der Waals surface area (Å²) in [5, 5.41) is 10.1. The standard InChI is InChI=1S/C9H12N5O6P/c10-7-5-8(12-2-11-7)14(3-13-5)9-6(15)4(1-19-9)20-21(16,17)18/h2-4,6,9,15H,1H2,(H2,10,11,12)(H2,16,17,18)/t4-,6-,9-/m1/s1. The van der Waals surface area contributed by atoms with Crippen molar-refractivity contribution in [2.75, 3.05) is 12.3 Å². The van der Waals surface area contributed by atoms with Crippen LogP contribution in [0, 0.1) is 0 Å². The van der Waals surface area contributed by atoms with Crippen molar-refractivity contribution >= 4 is 24.8 Å². The maximum Gasteiger partial charge on any atom is 0.470 e. The number of phosphoric ester groups is 1. The number of phosphoric acid groups is 1. The third-order valence-electron chi connectivity index (χ3n) is 3.04. The maximum atomic E-state index is 10.8. The van der Waals surface area contributed by atoms with E-state index in [1.807, 2.05) is 0 Å². The number of imidazole rings is 1. The summed E-state index contributed by atoms with van der Waals surface area (Å²) in [7, 11) is -4.72. The molecule has 11 nitrogen and oxygen atoms in total. The Kier molecular flexibility index (Phi) is 3.40. The summed E-state index contributed by atoms with van der Waals surface area (Å²) in [5.41, 5.74) is 6.33. The number of nitrogens with two attached hydrogens (primary N) is 1. The quantitative estimate of drug-likeness (QED) is 0.504. The van der Waals surface area contributed by atoms with Gasteiger partial charge in [0.2, 0.25) is 0 Å². The molecule has 2 aromatic heterocycles. The second kappa shape index (κ2) is 4.98. The number of hydrogen-bond donors (Lipinski definition) is 4. The molecule has 5 N–H and O–H groups in total. The lowest BCUT2D eigenvalue weighted by atomic mass is 10.2. The highest BCUT2D eigenvalue weighted by Crippen LogP contribution is 2.41. The minimum absolute atomic E-state index is 0.175. The van der Waals surface area contributed by atoms with Gasteiger partial charge in [-0.25, -0.2) is 19.5 Å². The van der Waals surface area contributed by atoms with Crippen LogP contribution in [0.25, 0.3) is 11.2 Å². The van der Waals surface area contributed by atoms with Crippen molar-refractivity contribution in [1.82, 2.24) is 19.5 Å². The fourth-order valence-corrected chi connectivity index (χ4v) is 2.68. The number of aliphatic hydroxyl groups is 1.